The Balaban J connectivity index is 2.01. The van der Waals surface area contributed by atoms with E-state index in [1.807, 2.05) is 31.2 Å². The number of allylic oxidation sites excluding steroid dienone is 2. The lowest BCUT2D eigenvalue weighted by Gasteiger charge is -2.04. The highest BCUT2D eigenvalue weighted by atomic mass is 32.1. The molecule has 1 aromatic carbocycles. The molecule has 0 amide bonds. The Labute approximate surface area is 137 Å². The van der Waals surface area contributed by atoms with Crippen LogP contribution in [0.5, 0.6) is 0 Å². The van der Waals surface area contributed by atoms with Crippen molar-refractivity contribution in [1.29, 1.82) is 0 Å². The van der Waals surface area contributed by atoms with Gasteiger partial charge in [-0.3, -0.25) is 14.6 Å². The van der Waals surface area contributed by atoms with E-state index in [1.165, 1.54) is 11.3 Å². The molecule has 0 atom stereocenters. The van der Waals surface area contributed by atoms with Gasteiger partial charge in [0.15, 0.2) is 11.5 Å². The molecule has 1 fully saturated rings. The van der Waals surface area contributed by atoms with E-state index in [1.54, 1.807) is 17.5 Å². The number of carbonyl (C=O) groups is 2. The van der Waals surface area contributed by atoms with Gasteiger partial charge in [0, 0.05) is 6.42 Å². The number of nitrogens with zero attached hydrogens (tertiary/aromatic N) is 1. The molecular formula is C18H15NO3S. The summed E-state index contributed by atoms with van der Waals surface area (Å²) < 4.78 is 0. The van der Waals surface area contributed by atoms with Gasteiger partial charge in [0.2, 0.25) is 5.78 Å². The van der Waals surface area contributed by atoms with Gasteiger partial charge >= 0.3 is 0 Å². The Bertz CT molecular complexity index is 814. The van der Waals surface area contributed by atoms with Crippen LogP contribution in [0, 0.1) is 6.92 Å². The molecule has 1 N–H and O–H groups in total. The molecule has 0 spiro atoms. The summed E-state index contributed by atoms with van der Waals surface area (Å²) in [5, 5.41) is 12.0. The van der Waals surface area contributed by atoms with Crippen LogP contribution < -0.4 is 0 Å². The molecule has 1 aromatic heterocycles. The summed E-state index contributed by atoms with van der Waals surface area (Å²) in [6, 6.07) is 10.9. The average molecular weight is 325 g/mol. The van der Waals surface area contributed by atoms with Crippen molar-refractivity contribution in [2.45, 2.75) is 19.8 Å². The number of Topliss-reactive ketones (excluding diaryl/α,β-unsaturated/α-hetero) is 2. The summed E-state index contributed by atoms with van der Waals surface area (Å²) in [7, 11) is 0. The first-order valence-electron chi connectivity index (χ1n) is 7.25. The van der Waals surface area contributed by atoms with Crippen LogP contribution in [0.2, 0.25) is 0 Å². The third-order valence-corrected chi connectivity index (χ3v) is 4.52. The summed E-state index contributed by atoms with van der Waals surface area (Å²) in [6.45, 7) is 1.98. The number of hydrogen-bond acceptors (Lipinski definition) is 5. The maximum atomic E-state index is 12.3. The highest BCUT2D eigenvalue weighted by Gasteiger charge is 2.31. The molecule has 1 aliphatic carbocycles. The zero-order valence-electron chi connectivity index (χ0n) is 12.6. The molecule has 4 nitrogen and oxygen atoms in total. The van der Waals surface area contributed by atoms with Crippen molar-refractivity contribution >= 4 is 34.3 Å². The Kier molecular flexibility index (Phi) is 4.21. The van der Waals surface area contributed by atoms with Crippen LogP contribution in [0.15, 0.2) is 58.1 Å². The van der Waals surface area contributed by atoms with Crippen molar-refractivity contribution < 1.29 is 14.7 Å². The number of aliphatic hydroxyl groups excluding tert-OH is 1. The van der Waals surface area contributed by atoms with Crippen LogP contribution >= 0.6 is 11.3 Å². The van der Waals surface area contributed by atoms with Crippen LogP contribution in [0.1, 0.15) is 28.1 Å². The molecule has 2 aromatic rings. The number of benzene rings is 1. The second-order valence-corrected chi connectivity index (χ2v) is 6.29. The molecular weight excluding hydrogens is 310 g/mol. The SMILES string of the molecule is Cc1ccc(N=C2CCC(=O)/C2=C(/O)C(=O)c2cccs2)cc1. The number of rotatable bonds is 3. The van der Waals surface area contributed by atoms with Crippen molar-refractivity contribution in [3.05, 3.63) is 63.6 Å². The van der Waals surface area contributed by atoms with Crippen molar-refractivity contribution in [3.8, 4) is 0 Å². The first-order valence-corrected chi connectivity index (χ1v) is 8.13. The summed E-state index contributed by atoms with van der Waals surface area (Å²) in [4.78, 5) is 29.2. The minimum atomic E-state index is -0.526. The number of aliphatic hydroxyl groups is 1. The molecule has 1 aliphatic rings. The minimum absolute atomic E-state index is 0.0592. The van der Waals surface area contributed by atoms with Gasteiger partial charge in [-0.1, -0.05) is 23.8 Å². The van der Waals surface area contributed by atoms with E-state index in [9.17, 15) is 14.7 Å². The second kappa shape index (κ2) is 6.30. The van der Waals surface area contributed by atoms with Gasteiger partial charge in [0.25, 0.3) is 0 Å². The van der Waals surface area contributed by atoms with E-state index in [4.69, 9.17) is 0 Å². The number of aryl methyl sites for hydroxylation is 1. The predicted molar refractivity (Wildman–Crippen MR) is 90.8 cm³/mol. The van der Waals surface area contributed by atoms with Gasteiger partial charge in [0.1, 0.15) is 0 Å². The van der Waals surface area contributed by atoms with Gasteiger partial charge in [-0.15, -0.1) is 11.3 Å². The van der Waals surface area contributed by atoms with E-state index in [2.05, 4.69) is 4.99 Å². The highest BCUT2D eigenvalue weighted by Crippen LogP contribution is 2.26. The Morgan fingerprint density at radius 3 is 2.57 bits per heavy atom. The molecule has 5 heteroatoms. The summed E-state index contributed by atoms with van der Waals surface area (Å²) >= 11 is 1.23. The molecule has 3 rings (SSSR count). The monoisotopic (exact) mass is 325 g/mol. The van der Waals surface area contributed by atoms with Crippen molar-refractivity contribution in [3.63, 3.8) is 0 Å². The van der Waals surface area contributed by atoms with Crippen LogP contribution in [0.3, 0.4) is 0 Å². The van der Waals surface area contributed by atoms with E-state index < -0.39 is 11.5 Å². The van der Waals surface area contributed by atoms with Crippen LogP contribution in [0.25, 0.3) is 0 Å². The van der Waals surface area contributed by atoms with Crippen LogP contribution in [-0.2, 0) is 4.79 Å². The predicted octanol–water partition coefficient (Wildman–Crippen LogP) is 4.19. The van der Waals surface area contributed by atoms with E-state index in [-0.39, 0.29) is 17.8 Å². The maximum Gasteiger partial charge on any atom is 0.238 e. The first kappa shape index (κ1) is 15.4. The second-order valence-electron chi connectivity index (χ2n) is 5.35. The van der Waals surface area contributed by atoms with Crippen molar-refractivity contribution in [2.75, 3.05) is 0 Å². The van der Waals surface area contributed by atoms with E-state index in [0.29, 0.717) is 22.7 Å². The van der Waals surface area contributed by atoms with Crippen LogP contribution in [-0.4, -0.2) is 22.4 Å². The smallest absolute Gasteiger partial charge is 0.238 e. The molecule has 0 bridgehead atoms. The molecule has 0 unspecified atom stereocenters. The number of carbonyl (C=O) groups excluding carboxylic acids is 2. The van der Waals surface area contributed by atoms with Gasteiger partial charge in [0.05, 0.1) is 21.8 Å². The van der Waals surface area contributed by atoms with Gasteiger partial charge in [-0.05, 0) is 36.9 Å². The quantitative estimate of drug-likeness (QED) is 0.523. The van der Waals surface area contributed by atoms with Crippen molar-refractivity contribution in [2.24, 2.45) is 4.99 Å². The number of hydrogen-bond donors (Lipinski definition) is 1. The topological polar surface area (TPSA) is 66.7 Å². The fourth-order valence-corrected chi connectivity index (χ4v) is 3.10. The summed E-state index contributed by atoms with van der Waals surface area (Å²) in [5.41, 5.74) is 2.35. The summed E-state index contributed by atoms with van der Waals surface area (Å²) in [6.07, 6.45) is 0.700. The van der Waals surface area contributed by atoms with Crippen molar-refractivity contribution in [1.82, 2.24) is 0 Å². The van der Waals surface area contributed by atoms with Gasteiger partial charge in [-0.2, -0.15) is 0 Å². The average Bonchev–Trinajstić information content (AvgIpc) is 3.18. The number of ketones is 2. The third kappa shape index (κ3) is 3.14. The Morgan fingerprint density at radius 1 is 1.17 bits per heavy atom. The molecule has 0 aliphatic heterocycles. The van der Waals surface area contributed by atoms with Crippen LogP contribution in [0.4, 0.5) is 5.69 Å². The molecule has 0 saturated heterocycles. The first-order chi connectivity index (χ1) is 11.1. The lowest BCUT2D eigenvalue weighted by Crippen LogP contribution is -2.11. The minimum Gasteiger partial charge on any atom is -0.504 e. The molecule has 23 heavy (non-hydrogen) atoms. The highest BCUT2D eigenvalue weighted by molar-refractivity contribution is 7.12. The largest absolute Gasteiger partial charge is 0.504 e. The molecule has 116 valence electrons. The Hall–Kier alpha value is -2.53. The standard InChI is InChI=1S/C18H15NO3S/c1-11-4-6-12(7-5-11)19-13-8-9-14(20)16(13)18(22)17(21)15-3-2-10-23-15/h2-7,10,22H,8-9H2,1H3/b18-16+,19-13?. The lowest BCUT2D eigenvalue weighted by molar-refractivity contribution is -0.114. The number of thiophene rings is 1. The molecule has 1 saturated carbocycles. The van der Waals surface area contributed by atoms with Gasteiger partial charge in [-0.25, -0.2) is 0 Å². The normalized spacial score (nSPS) is 18.5. The summed E-state index contributed by atoms with van der Waals surface area (Å²) in [5.74, 6) is -1.26. The lowest BCUT2D eigenvalue weighted by atomic mass is 10.1. The fourth-order valence-electron chi connectivity index (χ4n) is 2.44. The Morgan fingerprint density at radius 2 is 1.91 bits per heavy atom. The third-order valence-electron chi connectivity index (χ3n) is 3.65. The number of aliphatic imine (C=N–C) groups is 1. The van der Waals surface area contributed by atoms with E-state index >= 15 is 0 Å². The zero-order chi connectivity index (χ0) is 16.4. The molecule has 1 heterocycles. The van der Waals surface area contributed by atoms with Gasteiger partial charge < -0.3 is 5.11 Å². The van der Waals surface area contributed by atoms with E-state index in [0.717, 1.165) is 5.56 Å². The fraction of sp³-hybridized carbons (Fsp3) is 0.167. The zero-order valence-corrected chi connectivity index (χ0v) is 13.4. The molecule has 0 radical (unpaired) electrons. The maximum absolute atomic E-state index is 12.3.